The van der Waals surface area contributed by atoms with E-state index >= 15 is 0 Å². The van der Waals surface area contributed by atoms with Crippen molar-refractivity contribution in [2.75, 3.05) is 18.0 Å². The first kappa shape index (κ1) is 17.3. The largest absolute Gasteiger partial charge is 0.356 e. The van der Waals surface area contributed by atoms with Gasteiger partial charge in [0.05, 0.1) is 16.8 Å². The second-order valence-corrected chi connectivity index (χ2v) is 8.16. The van der Waals surface area contributed by atoms with Gasteiger partial charge in [0.15, 0.2) is 0 Å². The Morgan fingerprint density at radius 3 is 2.62 bits per heavy atom. The third kappa shape index (κ3) is 3.41. The fraction of sp³-hybridized carbons (Fsp3) is 0.474. The Labute approximate surface area is 157 Å². The molecule has 4 rings (SSSR count). The lowest BCUT2D eigenvalue weighted by Crippen LogP contribution is -2.42. The topological polar surface area (TPSA) is 66.8 Å². The van der Waals surface area contributed by atoms with Crippen LogP contribution in [0.1, 0.15) is 34.7 Å². The van der Waals surface area contributed by atoms with Crippen LogP contribution >= 0.6 is 11.3 Å². The van der Waals surface area contributed by atoms with Crippen LogP contribution in [0.5, 0.6) is 0 Å². The molecule has 0 bridgehead atoms. The van der Waals surface area contributed by atoms with Crippen molar-refractivity contribution in [1.82, 2.24) is 25.3 Å². The van der Waals surface area contributed by atoms with Crippen LogP contribution in [0.25, 0.3) is 10.2 Å². The van der Waals surface area contributed by atoms with Crippen LogP contribution in [0.3, 0.4) is 0 Å². The molecule has 1 aliphatic rings. The van der Waals surface area contributed by atoms with Gasteiger partial charge in [0.1, 0.15) is 17.0 Å². The molecule has 1 N–H and O–H groups in total. The first-order chi connectivity index (χ1) is 12.6. The first-order valence-corrected chi connectivity index (χ1v) is 9.90. The molecular weight excluding hydrogens is 344 g/mol. The molecule has 0 amide bonds. The molecule has 1 fully saturated rings. The summed E-state index contributed by atoms with van der Waals surface area (Å²) in [5.41, 5.74) is 3.27. The number of aryl methyl sites for hydroxylation is 3. The maximum Gasteiger partial charge on any atom is 0.141 e. The number of piperidine rings is 1. The summed E-state index contributed by atoms with van der Waals surface area (Å²) in [6.07, 6.45) is 7.59. The van der Waals surface area contributed by atoms with E-state index in [9.17, 15) is 0 Å². The predicted octanol–water partition coefficient (Wildman–Crippen LogP) is 3.17. The number of nitrogens with one attached hydrogen (secondary N) is 1. The molecule has 136 valence electrons. The molecule has 0 aromatic carbocycles. The third-order valence-electron chi connectivity index (χ3n) is 5.15. The lowest BCUT2D eigenvalue weighted by Gasteiger charge is -2.33. The Balaban J connectivity index is 1.40. The minimum atomic E-state index is 0.511. The van der Waals surface area contributed by atoms with E-state index < -0.39 is 0 Å². The summed E-state index contributed by atoms with van der Waals surface area (Å²) in [5.74, 6) is 1.10. The zero-order valence-corrected chi connectivity index (χ0v) is 16.3. The van der Waals surface area contributed by atoms with E-state index in [-0.39, 0.29) is 0 Å². The number of anilines is 1. The van der Waals surface area contributed by atoms with Crippen LogP contribution < -0.4 is 10.2 Å². The van der Waals surface area contributed by atoms with Gasteiger partial charge in [-0.1, -0.05) is 0 Å². The number of thiophene rings is 1. The monoisotopic (exact) mass is 368 g/mol. The lowest BCUT2D eigenvalue weighted by atomic mass is 10.0. The Morgan fingerprint density at radius 2 is 1.88 bits per heavy atom. The Kier molecular flexibility index (Phi) is 4.82. The van der Waals surface area contributed by atoms with E-state index in [2.05, 4.69) is 44.0 Å². The van der Waals surface area contributed by atoms with Crippen molar-refractivity contribution in [3.8, 4) is 0 Å². The van der Waals surface area contributed by atoms with Gasteiger partial charge in [0, 0.05) is 42.9 Å². The van der Waals surface area contributed by atoms with Crippen molar-refractivity contribution in [2.24, 2.45) is 0 Å². The summed E-state index contributed by atoms with van der Waals surface area (Å²) in [7, 11) is 0. The quantitative estimate of drug-likeness (QED) is 0.763. The maximum atomic E-state index is 4.61. The average molecular weight is 369 g/mol. The van der Waals surface area contributed by atoms with Crippen molar-refractivity contribution in [3.05, 3.63) is 40.5 Å². The van der Waals surface area contributed by atoms with E-state index in [1.165, 1.54) is 15.8 Å². The van der Waals surface area contributed by atoms with E-state index in [4.69, 9.17) is 0 Å². The molecular formula is C19H24N6S. The highest BCUT2D eigenvalue weighted by Gasteiger charge is 2.23. The van der Waals surface area contributed by atoms with Crippen LogP contribution in [-0.2, 0) is 6.54 Å². The first-order valence-electron chi connectivity index (χ1n) is 9.08. The molecule has 0 atom stereocenters. The lowest BCUT2D eigenvalue weighted by molar-refractivity contribution is 0.411. The van der Waals surface area contributed by atoms with Gasteiger partial charge in [-0.25, -0.2) is 9.97 Å². The van der Waals surface area contributed by atoms with Crippen LogP contribution in [0.2, 0.25) is 0 Å². The summed E-state index contributed by atoms with van der Waals surface area (Å²) in [6.45, 7) is 9.10. The number of fused-ring (bicyclic) bond motifs is 1. The number of hydrogen-bond donors (Lipinski definition) is 1. The standard InChI is InChI=1S/C19H24N6S/c1-12-8-21-16(9-20-12)10-22-15-4-6-25(7-5-15)18-17-13(2)14(3)26-19(17)24-11-23-18/h8-9,11,15,22H,4-7,10H2,1-3H3. The number of nitrogens with zero attached hydrogens (tertiary/aromatic N) is 5. The number of aromatic nitrogens is 4. The van der Waals surface area contributed by atoms with Crippen molar-refractivity contribution < 1.29 is 0 Å². The highest BCUT2D eigenvalue weighted by molar-refractivity contribution is 7.18. The molecule has 1 saturated heterocycles. The summed E-state index contributed by atoms with van der Waals surface area (Å²) < 4.78 is 0. The molecule has 0 radical (unpaired) electrons. The van der Waals surface area contributed by atoms with Crippen LogP contribution in [0, 0.1) is 20.8 Å². The molecule has 7 heteroatoms. The SMILES string of the molecule is Cc1cnc(CNC2CCN(c3ncnc4sc(C)c(C)c34)CC2)cn1. The van der Waals surface area contributed by atoms with E-state index in [0.29, 0.717) is 6.04 Å². The van der Waals surface area contributed by atoms with Gasteiger partial charge in [0.25, 0.3) is 0 Å². The van der Waals surface area contributed by atoms with Crippen LogP contribution in [-0.4, -0.2) is 39.1 Å². The zero-order valence-electron chi connectivity index (χ0n) is 15.5. The Morgan fingerprint density at radius 1 is 1.08 bits per heavy atom. The summed E-state index contributed by atoms with van der Waals surface area (Å²) in [4.78, 5) is 22.6. The fourth-order valence-corrected chi connectivity index (χ4v) is 4.45. The van der Waals surface area contributed by atoms with Gasteiger partial charge in [-0.15, -0.1) is 11.3 Å². The molecule has 3 aromatic rings. The molecule has 0 spiro atoms. The fourth-order valence-electron chi connectivity index (χ4n) is 3.46. The highest BCUT2D eigenvalue weighted by atomic mass is 32.1. The van der Waals surface area contributed by atoms with Gasteiger partial charge >= 0.3 is 0 Å². The second-order valence-electron chi connectivity index (χ2n) is 6.95. The van der Waals surface area contributed by atoms with Crippen molar-refractivity contribution in [1.29, 1.82) is 0 Å². The van der Waals surface area contributed by atoms with Gasteiger partial charge < -0.3 is 10.2 Å². The maximum absolute atomic E-state index is 4.61. The minimum Gasteiger partial charge on any atom is -0.356 e. The molecule has 0 aliphatic carbocycles. The zero-order chi connectivity index (χ0) is 18.1. The molecule has 1 aliphatic heterocycles. The smallest absolute Gasteiger partial charge is 0.141 e. The molecule has 0 unspecified atom stereocenters. The molecule has 0 saturated carbocycles. The average Bonchev–Trinajstić information content (AvgIpc) is 2.96. The normalized spacial score (nSPS) is 15.7. The summed E-state index contributed by atoms with van der Waals surface area (Å²) >= 11 is 1.76. The van der Waals surface area contributed by atoms with Gasteiger partial charge in [0.2, 0.25) is 0 Å². The number of hydrogen-bond acceptors (Lipinski definition) is 7. The predicted molar refractivity (Wildman–Crippen MR) is 106 cm³/mol. The summed E-state index contributed by atoms with van der Waals surface area (Å²) in [5, 5.41) is 4.85. The van der Waals surface area contributed by atoms with Crippen molar-refractivity contribution in [3.63, 3.8) is 0 Å². The van der Waals surface area contributed by atoms with Gasteiger partial charge in [-0.2, -0.15) is 0 Å². The van der Waals surface area contributed by atoms with Gasteiger partial charge in [-0.05, 0) is 39.2 Å². The van der Waals surface area contributed by atoms with E-state index in [1.807, 2.05) is 19.3 Å². The van der Waals surface area contributed by atoms with Crippen molar-refractivity contribution >= 4 is 27.4 Å². The van der Waals surface area contributed by atoms with Crippen LogP contribution in [0.15, 0.2) is 18.7 Å². The van der Waals surface area contributed by atoms with Crippen molar-refractivity contribution in [2.45, 2.75) is 46.2 Å². The second kappa shape index (κ2) is 7.25. The highest BCUT2D eigenvalue weighted by Crippen LogP contribution is 2.35. The Hall–Kier alpha value is -2.12. The molecule has 6 nitrogen and oxygen atoms in total. The Bertz CT molecular complexity index is 896. The minimum absolute atomic E-state index is 0.511. The summed E-state index contributed by atoms with van der Waals surface area (Å²) in [6, 6.07) is 0.511. The van der Waals surface area contributed by atoms with Gasteiger partial charge in [-0.3, -0.25) is 9.97 Å². The molecule has 4 heterocycles. The van der Waals surface area contributed by atoms with E-state index in [1.54, 1.807) is 17.7 Å². The molecule has 26 heavy (non-hydrogen) atoms. The van der Waals surface area contributed by atoms with Crippen LogP contribution in [0.4, 0.5) is 5.82 Å². The molecule has 3 aromatic heterocycles. The third-order valence-corrected chi connectivity index (χ3v) is 6.26. The number of rotatable bonds is 4. The van der Waals surface area contributed by atoms with E-state index in [0.717, 1.165) is 54.5 Å².